The molecule has 9 nitrogen and oxygen atoms in total. The molecule has 1 aromatic heterocycles. The summed E-state index contributed by atoms with van der Waals surface area (Å²) in [6.07, 6.45) is 0. The number of benzene rings is 1. The fourth-order valence-electron chi connectivity index (χ4n) is 2.15. The number of rotatable bonds is 6. The second kappa shape index (κ2) is 7.75. The van der Waals surface area contributed by atoms with Crippen molar-refractivity contribution in [1.29, 1.82) is 0 Å². The largest absolute Gasteiger partial charge is 0.454 e. The highest BCUT2D eigenvalue weighted by Gasteiger charge is 2.23. The number of anilines is 1. The minimum absolute atomic E-state index is 0.145. The van der Waals surface area contributed by atoms with Crippen LogP contribution < -0.4 is 5.32 Å². The molecule has 1 N–H and O–H groups in total. The summed E-state index contributed by atoms with van der Waals surface area (Å²) in [6, 6.07) is 6.44. The Labute approximate surface area is 147 Å². The van der Waals surface area contributed by atoms with Crippen LogP contribution in [0.25, 0.3) is 0 Å². The van der Waals surface area contributed by atoms with Gasteiger partial charge in [0.2, 0.25) is 0 Å². The van der Waals surface area contributed by atoms with Crippen molar-refractivity contribution < 1.29 is 19.2 Å². The SMILES string of the molecule is Cc1nn(CC(=O)OCC(=O)Nc2ccc(Cl)cc2)c(C)c1[N+](=O)[O-]. The molecule has 0 saturated carbocycles. The Kier molecular flexibility index (Phi) is 5.71. The summed E-state index contributed by atoms with van der Waals surface area (Å²) in [6.45, 7) is 2.16. The van der Waals surface area contributed by atoms with Crippen molar-refractivity contribution in [2.75, 3.05) is 11.9 Å². The molecule has 0 aliphatic heterocycles. The van der Waals surface area contributed by atoms with Crippen LogP contribution in [0.15, 0.2) is 24.3 Å². The number of nitrogens with one attached hydrogen (secondary N) is 1. The molecule has 0 radical (unpaired) electrons. The van der Waals surface area contributed by atoms with Gasteiger partial charge in [-0.3, -0.25) is 24.4 Å². The smallest absolute Gasteiger partial charge is 0.328 e. The molecule has 1 aromatic carbocycles. The first-order chi connectivity index (χ1) is 11.8. The van der Waals surface area contributed by atoms with E-state index in [2.05, 4.69) is 10.4 Å². The number of carbonyl (C=O) groups is 2. The number of aromatic nitrogens is 2. The molecule has 0 aliphatic carbocycles. The Morgan fingerprint density at radius 2 is 1.96 bits per heavy atom. The summed E-state index contributed by atoms with van der Waals surface area (Å²) in [5, 5.41) is 17.9. The molecule has 0 unspecified atom stereocenters. The lowest BCUT2D eigenvalue weighted by Gasteiger charge is -2.07. The zero-order valence-electron chi connectivity index (χ0n) is 13.5. The fraction of sp³-hybridized carbons (Fsp3) is 0.267. The highest BCUT2D eigenvalue weighted by Crippen LogP contribution is 2.21. The molecule has 0 aliphatic rings. The lowest BCUT2D eigenvalue weighted by Crippen LogP contribution is -2.23. The van der Waals surface area contributed by atoms with Gasteiger partial charge < -0.3 is 10.1 Å². The lowest BCUT2D eigenvalue weighted by molar-refractivity contribution is -0.386. The maximum absolute atomic E-state index is 11.8. The van der Waals surface area contributed by atoms with Gasteiger partial charge in [-0.05, 0) is 38.1 Å². The summed E-state index contributed by atoms with van der Waals surface area (Å²) >= 11 is 5.74. The molecule has 1 amide bonds. The van der Waals surface area contributed by atoms with E-state index in [1.165, 1.54) is 18.5 Å². The molecule has 132 valence electrons. The predicted molar refractivity (Wildman–Crippen MR) is 89.4 cm³/mol. The molecule has 0 fully saturated rings. The van der Waals surface area contributed by atoms with Gasteiger partial charge in [-0.25, -0.2) is 0 Å². The normalized spacial score (nSPS) is 10.4. The van der Waals surface area contributed by atoms with Crippen LogP contribution >= 0.6 is 11.6 Å². The van der Waals surface area contributed by atoms with Gasteiger partial charge in [0, 0.05) is 10.7 Å². The van der Waals surface area contributed by atoms with Crippen molar-refractivity contribution in [3.8, 4) is 0 Å². The van der Waals surface area contributed by atoms with E-state index in [1.54, 1.807) is 24.3 Å². The van der Waals surface area contributed by atoms with Crippen LogP contribution in [0.3, 0.4) is 0 Å². The number of aryl methyl sites for hydroxylation is 1. The minimum atomic E-state index is -0.730. The van der Waals surface area contributed by atoms with E-state index in [9.17, 15) is 19.7 Å². The predicted octanol–water partition coefficient (Wildman–Crippen LogP) is 2.24. The van der Waals surface area contributed by atoms with Crippen molar-refractivity contribution in [3.05, 3.63) is 50.8 Å². The van der Waals surface area contributed by atoms with Gasteiger partial charge in [0.05, 0.1) is 4.92 Å². The second-order valence-electron chi connectivity index (χ2n) is 5.15. The third-order valence-electron chi connectivity index (χ3n) is 3.30. The van der Waals surface area contributed by atoms with Crippen LogP contribution in [0, 0.1) is 24.0 Å². The molecule has 2 rings (SSSR count). The minimum Gasteiger partial charge on any atom is -0.454 e. The molecule has 2 aromatic rings. The first-order valence-corrected chi connectivity index (χ1v) is 7.55. The summed E-state index contributed by atoms with van der Waals surface area (Å²) in [4.78, 5) is 33.9. The number of ether oxygens (including phenoxy) is 1. The van der Waals surface area contributed by atoms with Gasteiger partial charge in [-0.2, -0.15) is 5.10 Å². The van der Waals surface area contributed by atoms with E-state index in [4.69, 9.17) is 16.3 Å². The van der Waals surface area contributed by atoms with Crippen molar-refractivity contribution in [1.82, 2.24) is 9.78 Å². The van der Waals surface area contributed by atoms with Crippen molar-refractivity contribution in [3.63, 3.8) is 0 Å². The van der Waals surface area contributed by atoms with Gasteiger partial charge in [-0.1, -0.05) is 11.6 Å². The van der Waals surface area contributed by atoms with Crippen molar-refractivity contribution in [2.45, 2.75) is 20.4 Å². The van der Waals surface area contributed by atoms with Crippen LogP contribution in [0.5, 0.6) is 0 Å². The summed E-state index contributed by atoms with van der Waals surface area (Å²) in [7, 11) is 0. The second-order valence-corrected chi connectivity index (χ2v) is 5.59. The number of amides is 1. The highest BCUT2D eigenvalue weighted by atomic mass is 35.5. The summed E-state index contributed by atoms with van der Waals surface area (Å²) < 4.78 is 6.03. The molecule has 25 heavy (non-hydrogen) atoms. The Morgan fingerprint density at radius 3 is 2.52 bits per heavy atom. The highest BCUT2D eigenvalue weighted by molar-refractivity contribution is 6.30. The molecule has 1 heterocycles. The maximum Gasteiger partial charge on any atom is 0.328 e. The zero-order chi connectivity index (χ0) is 18.6. The third kappa shape index (κ3) is 4.77. The first kappa shape index (κ1) is 18.4. The number of nitro groups is 1. The van der Waals surface area contributed by atoms with Gasteiger partial charge >= 0.3 is 11.7 Å². The Balaban J connectivity index is 1.88. The number of halogens is 1. The average molecular weight is 367 g/mol. The summed E-state index contributed by atoms with van der Waals surface area (Å²) in [5.74, 6) is -1.25. The number of nitrogens with zero attached hydrogens (tertiary/aromatic N) is 3. The van der Waals surface area contributed by atoms with Gasteiger partial charge in [0.15, 0.2) is 6.61 Å². The Bertz CT molecular complexity index is 816. The van der Waals surface area contributed by atoms with E-state index in [0.717, 1.165) is 0 Å². The van der Waals surface area contributed by atoms with Gasteiger partial charge in [-0.15, -0.1) is 0 Å². The summed E-state index contributed by atoms with van der Waals surface area (Å²) in [5.41, 5.74) is 0.814. The first-order valence-electron chi connectivity index (χ1n) is 7.17. The van der Waals surface area contributed by atoms with Crippen molar-refractivity contribution >= 4 is 34.9 Å². The molecule has 0 saturated heterocycles. The van der Waals surface area contributed by atoms with E-state index >= 15 is 0 Å². The molecule has 10 heteroatoms. The Hall–Kier alpha value is -2.94. The quantitative estimate of drug-likeness (QED) is 0.476. The van der Waals surface area contributed by atoms with Crippen LogP contribution in [0.2, 0.25) is 5.02 Å². The van der Waals surface area contributed by atoms with Crippen LogP contribution in [-0.2, 0) is 20.9 Å². The number of hydrogen-bond acceptors (Lipinski definition) is 6. The van der Waals surface area contributed by atoms with Crippen LogP contribution in [0.1, 0.15) is 11.4 Å². The molecular formula is C15H15ClN4O5. The average Bonchev–Trinajstić information content (AvgIpc) is 2.81. The molecule has 0 atom stereocenters. The van der Waals surface area contributed by atoms with E-state index in [-0.39, 0.29) is 23.6 Å². The third-order valence-corrected chi connectivity index (χ3v) is 3.55. The molecule has 0 spiro atoms. The monoisotopic (exact) mass is 366 g/mol. The zero-order valence-corrected chi connectivity index (χ0v) is 14.2. The van der Waals surface area contributed by atoms with Gasteiger partial charge in [0.1, 0.15) is 17.9 Å². The van der Waals surface area contributed by atoms with E-state index in [1.807, 2.05) is 0 Å². The lowest BCUT2D eigenvalue weighted by atomic mass is 10.3. The fourth-order valence-corrected chi connectivity index (χ4v) is 2.28. The van der Waals surface area contributed by atoms with Crippen LogP contribution in [-0.4, -0.2) is 33.2 Å². The number of hydrogen-bond donors (Lipinski definition) is 1. The number of carbonyl (C=O) groups excluding carboxylic acids is 2. The van der Waals surface area contributed by atoms with E-state index < -0.39 is 23.4 Å². The van der Waals surface area contributed by atoms with Gasteiger partial charge in [0.25, 0.3) is 5.91 Å². The molecular weight excluding hydrogens is 352 g/mol. The topological polar surface area (TPSA) is 116 Å². The van der Waals surface area contributed by atoms with Crippen LogP contribution in [0.4, 0.5) is 11.4 Å². The number of esters is 1. The Morgan fingerprint density at radius 1 is 1.32 bits per heavy atom. The van der Waals surface area contributed by atoms with Crippen molar-refractivity contribution in [2.24, 2.45) is 0 Å². The maximum atomic E-state index is 11.8. The standard InChI is InChI=1S/C15H15ClN4O5/c1-9-15(20(23)24)10(2)19(18-9)7-14(22)25-8-13(21)17-12-5-3-11(16)4-6-12/h3-6H,7-8H2,1-2H3,(H,17,21). The molecule has 0 bridgehead atoms. The van der Waals surface area contributed by atoms with E-state index in [0.29, 0.717) is 10.7 Å².